The monoisotopic (exact) mass is 370 g/mol. The molecule has 3 N–H and O–H groups in total. The fourth-order valence-electron chi connectivity index (χ4n) is 2.51. The minimum absolute atomic E-state index is 0.627. The van der Waals surface area contributed by atoms with Gasteiger partial charge in [0.25, 0.3) is 0 Å². The van der Waals surface area contributed by atoms with Gasteiger partial charge in [0.15, 0.2) is 0 Å². The van der Waals surface area contributed by atoms with Crippen LogP contribution in [0.3, 0.4) is 0 Å². The first-order valence-electron chi connectivity index (χ1n) is 8.68. The van der Waals surface area contributed by atoms with E-state index in [1.807, 2.05) is 55.5 Å². The van der Waals surface area contributed by atoms with Crippen molar-refractivity contribution in [3.63, 3.8) is 0 Å². The molecule has 0 saturated carbocycles. The van der Waals surface area contributed by atoms with Gasteiger partial charge in [-0.1, -0.05) is 12.1 Å². The number of aryl methyl sites for hydroxylation is 1. The molecule has 138 valence electrons. The highest BCUT2D eigenvalue weighted by Gasteiger charge is 2.03. The number of nitrogens with zero attached hydrogens (tertiary/aromatic N) is 5. The average Bonchev–Trinajstić information content (AvgIpc) is 2.69. The van der Waals surface area contributed by atoms with Crippen LogP contribution in [0.25, 0.3) is 0 Å². The number of anilines is 6. The molecule has 0 aromatic carbocycles. The molecule has 4 aromatic heterocycles. The Labute approximate surface area is 162 Å². The zero-order chi connectivity index (χ0) is 19.2. The summed E-state index contributed by atoms with van der Waals surface area (Å²) in [7, 11) is 0. The van der Waals surface area contributed by atoms with Crippen LogP contribution < -0.4 is 16.0 Å². The third kappa shape index (κ3) is 4.55. The summed E-state index contributed by atoms with van der Waals surface area (Å²) in [4.78, 5) is 21.6. The second kappa shape index (κ2) is 8.09. The maximum atomic E-state index is 4.56. The zero-order valence-corrected chi connectivity index (χ0v) is 15.2. The summed E-state index contributed by atoms with van der Waals surface area (Å²) >= 11 is 0. The van der Waals surface area contributed by atoms with Crippen molar-refractivity contribution < 1.29 is 0 Å². The van der Waals surface area contributed by atoms with Crippen molar-refractivity contribution in [2.24, 2.45) is 0 Å². The van der Waals surface area contributed by atoms with Crippen LogP contribution in [0, 0.1) is 6.92 Å². The Hall–Kier alpha value is -4.07. The van der Waals surface area contributed by atoms with Gasteiger partial charge in [-0.15, -0.1) is 0 Å². The summed E-state index contributed by atoms with van der Waals surface area (Å²) in [6, 6.07) is 15.2. The van der Waals surface area contributed by atoms with Gasteiger partial charge in [0.05, 0.1) is 6.20 Å². The van der Waals surface area contributed by atoms with Crippen molar-refractivity contribution in [3.8, 4) is 0 Å². The molecule has 0 saturated heterocycles. The van der Waals surface area contributed by atoms with Crippen LogP contribution >= 0.6 is 0 Å². The molecule has 0 aliphatic heterocycles. The normalized spacial score (nSPS) is 10.3. The predicted octanol–water partition coefficient (Wildman–Crippen LogP) is 4.20. The highest BCUT2D eigenvalue weighted by Crippen LogP contribution is 2.19. The van der Waals surface area contributed by atoms with Crippen molar-refractivity contribution in [1.29, 1.82) is 0 Å². The van der Waals surface area contributed by atoms with Gasteiger partial charge in [-0.3, -0.25) is 4.98 Å². The summed E-state index contributed by atoms with van der Waals surface area (Å²) in [5.74, 6) is 4.05. The zero-order valence-electron chi connectivity index (χ0n) is 15.2. The molecule has 8 nitrogen and oxygen atoms in total. The molecule has 4 heterocycles. The lowest BCUT2D eigenvalue weighted by Gasteiger charge is -2.10. The molecule has 8 heteroatoms. The van der Waals surface area contributed by atoms with E-state index in [9.17, 15) is 0 Å². The van der Waals surface area contributed by atoms with Gasteiger partial charge < -0.3 is 16.0 Å². The van der Waals surface area contributed by atoms with E-state index in [0.717, 1.165) is 11.4 Å². The fraction of sp³-hybridized carbons (Fsp3) is 0.0500. The van der Waals surface area contributed by atoms with E-state index < -0.39 is 0 Å². The number of rotatable bonds is 6. The molecule has 0 fully saturated rings. The first-order chi connectivity index (χ1) is 13.7. The quantitative estimate of drug-likeness (QED) is 0.464. The van der Waals surface area contributed by atoms with Gasteiger partial charge in [0, 0.05) is 18.6 Å². The van der Waals surface area contributed by atoms with Crippen molar-refractivity contribution in [2.45, 2.75) is 6.92 Å². The van der Waals surface area contributed by atoms with Crippen molar-refractivity contribution in [1.82, 2.24) is 24.9 Å². The van der Waals surface area contributed by atoms with E-state index in [2.05, 4.69) is 40.9 Å². The molecule has 0 unspecified atom stereocenters. The Morgan fingerprint density at radius 3 is 1.75 bits per heavy atom. The summed E-state index contributed by atoms with van der Waals surface area (Å²) in [5.41, 5.74) is 1.13. The van der Waals surface area contributed by atoms with Crippen LogP contribution in [-0.4, -0.2) is 24.9 Å². The van der Waals surface area contributed by atoms with E-state index in [-0.39, 0.29) is 0 Å². The molecule has 28 heavy (non-hydrogen) atoms. The molecule has 0 radical (unpaired) electrons. The van der Waals surface area contributed by atoms with Gasteiger partial charge >= 0.3 is 0 Å². The molecule has 0 aliphatic rings. The third-order valence-corrected chi connectivity index (χ3v) is 3.75. The van der Waals surface area contributed by atoms with Crippen LogP contribution in [0.15, 0.2) is 73.3 Å². The molecule has 0 spiro atoms. The SMILES string of the molecule is Cc1ccnc(Nc2cccc(Nc3cccc(Nc4cnccn4)n3)n2)c1. The number of pyridine rings is 3. The Bertz CT molecular complexity index is 1070. The van der Waals surface area contributed by atoms with Crippen molar-refractivity contribution >= 4 is 34.9 Å². The molecule has 0 aliphatic carbocycles. The maximum absolute atomic E-state index is 4.56. The van der Waals surface area contributed by atoms with Crippen LogP contribution in [-0.2, 0) is 0 Å². The summed E-state index contributed by atoms with van der Waals surface area (Å²) < 4.78 is 0. The Balaban J connectivity index is 1.48. The van der Waals surface area contributed by atoms with E-state index in [0.29, 0.717) is 29.1 Å². The van der Waals surface area contributed by atoms with Crippen molar-refractivity contribution in [2.75, 3.05) is 16.0 Å². The third-order valence-electron chi connectivity index (χ3n) is 3.75. The smallest absolute Gasteiger partial charge is 0.150 e. The van der Waals surface area contributed by atoms with Crippen LogP contribution in [0.2, 0.25) is 0 Å². The number of hydrogen-bond acceptors (Lipinski definition) is 8. The number of nitrogens with one attached hydrogen (secondary N) is 3. The number of hydrogen-bond donors (Lipinski definition) is 3. The molecule has 4 rings (SSSR count). The minimum atomic E-state index is 0.627. The van der Waals surface area contributed by atoms with E-state index in [4.69, 9.17) is 0 Å². The lowest BCUT2D eigenvalue weighted by molar-refractivity contribution is 1.18. The summed E-state index contributed by atoms with van der Waals surface area (Å²) in [5, 5.41) is 9.53. The highest BCUT2D eigenvalue weighted by molar-refractivity contribution is 5.60. The second-order valence-corrected chi connectivity index (χ2v) is 6.00. The molecule has 0 atom stereocenters. The average molecular weight is 370 g/mol. The van der Waals surface area contributed by atoms with E-state index >= 15 is 0 Å². The molecule has 0 amide bonds. The Kier molecular flexibility index (Phi) is 5.01. The van der Waals surface area contributed by atoms with Gasteiger partial charge in [-0.25, -0.2) is 19.9 Å². The van der Waals surface area contributed by atoms with Gasteiger partial charge in [-0.05, 0) is 48.9 Å². The van der Waals surface area contributed by atoms with Crippen LogP contribution in [0.4, 0.5) is 34.9 Å². The first kappa shape index (κ1) is 17.3. The summed E-state index contributed by atoms with van der Waals surface area (Å²) in [6.45, 7) is 2.02. The van der Waals surface area contributed by atoms with E-state index in [1.54, 1.807) is 24.8 Å². The Morgan fingerprint density at radius 2 is 1.18 bits per heavy atom. The summed E-state index contributed by atoms with van der Waals surface area (Å²) in [6.07, 6.45) is 6.64. The largest absolute Gasteiger partial charge is 0.325 e. The fourth-order valence-corrected chi connectivity index (χ4v) is 2.51. The molecule has 4 aromatic rings. The predicted molar refractivity (Wildman–Crippen MR) is 109 cm³/mol. The van der Waals surface area contributed by atoms with Crippen LogP contribution in [0.1, 0.15) is 5.56 Å². The van der Waals surface area contributed by atoms with Gasteiger partial charge in [0.1, 0.15) is 34.9 Å². The highest BCUT2D eigenvalue weighted by atomic mass is 15.1. The number of aromatic nitrogens is 5. The molecule has 0 bridgehead atoms. The topological polar surface area (TPSA) is 101 Å². The van der Waals surface area contributed by atoms with Crippen LogP contribution in [0.5, 0.6) is 0 Å². The van der Waals surface area contributed by atoms with Gasteiger partial charge in [-0.2, -0.15) is 0 Å². The van der Waals surface area contributed by atoms with Crippen molar-refractivity contribution in [3.05, 3.63) is 78.9 Å². The minimum Gasteiger partial charge on any atom is -0.325 e. The van der Waals surface area contributed by atoms with Gasteiger partial charge in [0.2, 0.25) is 0 Å². The van der Waals surface area contributed by atoms with E-state index in [1.165, 1.54) is 0 Å². The standard InChI is InChI=1S/C20H18N8/c1-14-8-9-22-19(12-14)27-17-6-2-4-15(25-17)24-16-5-3-7-18(26-16)28-20-13-21-10-11-23-20/h2-13H,1H3,(H3,22,23,24,25,26,27,28). The lowest BCUT2D eigenvalue weighted by Crippen LogP contribution is -2.02. The maximum Gasteiger partial charge on any atom is 0.150 e. The molecular weight excluding hydrogens is 352 g/mol. The first-order valence-corrected chi connectivity index (χ1v) is 8.68. The second-order valence-electron chi connectivity index (χ2n) is 6.00. The Morgan fingerprint density at radius 1 is 0.607 bits per heavy atom. The lowest BCUT2D eigenvalue weighted by atomic mass is 10.3. The molecular formula is C20H18N8.